The van der Waals surface area contributed by atoms with Crippen LogP contribution in [0.3, 0.4) is 0 Å². The van der Waals surface area contributed by atoms with Crippen LogP contribution in [0.2, 0.25) is 0 Å². The van der Waals surface area contributed by atoms with Crippen molar-refractivity contribution in [3.8, 4) is 0 Å². The monoisotopic (exact) mass is 288 g/mol. The van der Waals surface area contributed by atoms with E-state index in [-0.39, 0.29) is 12.2 Å². The summed E-state index contributed by atoms with van der Waals surface area (Å²) in [5, 5.41) is 17.9. The van der Waals surface area contributed by atoms with E-state index >= 15 is 0 Å². The highest BCUT2D eigenvalue weighted by atomic mass is 16.4. The number of nitrogens with one attached hydrogen (secondary N) is 2. The summed E-state index contributed by atoms with van der Waals surface area (Å²) in [6.07, 6.45) is 1.14. The number of carboxylic acid groups (broad SMARTS) is 1. The van der Waals surface area contributed by atoms with Gasteiger partial charge in [0.1, 0.15) is 5.82 Å². The molecule has 1 aromatic heterocycles. The smallest absolute Gasteiger partial charge is 0.303 e. The quantitative estimate of drug-likeness (QED) is 0.748. The second-order valence-corrected chi connectivity index (χ2v) is 4.51. The van der Waals surface area contributed by atoms with Gasteiger partial charge in [-0.15, -0.1) is 5.10 Å². The number of amides is 1. The number of H-pyrrole nitrogens is 1. The minimum absolute atomic E-state index is 0.0538. The highest BCUT2D eigenvalue weighted by Gasteiger charge is 2.12. The van der Waals surface area contributed by atoms with Gasteiger partial charge in [-0.3, -0.25) is 14.7 Å². The molecular weight excluding hydrogens is 272 g/mol. The molecular formula is C14H16N4O3. The van der Waals surface area contributed by atoms with E-state index in [1.54, 1.807) is 18.2 Å². The highest BCUT2D eigenvalue weighted by molar-refractivity contribution is 6.01. The van der Waals surface area contributed by atoms with E-state index in [1.165, 1.54) is 0 Å². The molecule has 1 aromatic carbocycles. The van der Waals surface area contributed by atoms with Gasteiger partial charge >= 0.3 is 5.97 Å². The van der Waals surface area contributed by atoms with E-state index in [0.29, 0.717) is 24.4 Å². The van der Waals surface area contributed by atoms with Gasteiger partial charge in [0, 0.05) is 18.5 Å². The van der Waals surface area contributed by atoms with Crippen LogP contribution in [0.25, 0.3) is 0 Å². The lowest BCUT2D eigenvalue weighted by Gasteiger charge is -2.05. The van der Waals surface area contributed by atoms with Crippen molar-refractivity contribution in [2.75, 3.05) is 5.32 Å². The van der Waals surface area contributed by atoms with Crippen LogP contribution in [-0.2, 0) is 17.6 Å². The molecule has 21 heavy (non-hydrogen) atoms. The fourth-order valence-corrected chi connectivity index (χ4v) is 1.80. The van der Waals surface area contributed by atoms with E-state index in [9.17, 15) is 9.59 Å². The molecule has 0 saturated carbocycles. The van der Waals surface area contributed by atoms with Crippen LogP contribution in [-0.4, -0.2) is 32.2 Å². The van der Waals surface area contributed by atoms with Crippen molar-refractivity contribution in [3.63, 3.8) is 0 Å². The first kappa shape index (κ1) is 14.7. The van der Waals surface area contributed by atoms with Crippen LogP contribution in [0.4, 0.5) is 5.69 Å². The maximum atomic E-state index is 12.0. The number of anilines is 1. The number of aromatic nitrogens is 3. The number of aromatic amines is 1. The number of carbonyl (C=O) groups excluding carboxylic acids is 1. The van der Waals surface area contributed by atoms with E-state index in [4.69, 9.17) is 5.11 Å². The number of nitrogens with zero attached hydrogens (tertiary/aromatic N) is 2. The molecule has 2 aromatic rings. The molecule has 0 fully saturated rings. The van der Waals surface area contributed by atoms with Crippen LogP contribution < -0.4 is 5.32 Å². The Balaban J connectivity index is 2.03. The van der Waals surface area contributed by atoms with Gasteiger partial charge in [-0.05, 0) is 24.1 Å². The Morgan fingerprint density at radius 1 is 1.38 bits per heavy atom. The first-order valence-electron chi connectivity index (χ1n) is 6.62. The summed E-state index contributed by atoms with van der Waals surface area (Å²) in [7, 11) is 0. The summed E-state index contributed by atoms with van der Waals surface area (Å²) in [5.74, 6) is -0.517. The topological polar surface area (TPSA) is 108 Å². The van der Waals surface area contributed by atoms with Crippen molar-refractivity contribution >= 4 is 17.6 Å². The van der Waals surface area contributed by atoms with Gasteiger partial charge in [-0.2, -0.15) is 0 Å². The second-order valence-electron chi connectivity index (χ2n) is 4.51. The maximum absolute atomic E-state index is 12.0. The first-order valence-corrected chi connectivity index (χ1v) is 6.62. The molecule has 0 aliphatic carbocycles. The standard InChI is InChI=1S/C14H16N4O3/c1-2-11-16-13(18-17-11)14(21)15-10-5-3-4-9(8-10)6-7-12(19)20/h3-5,8H,2,6-7H2,1H3,(H,15,21)(H,19,20)(H,16,17,18). The lowest BCUT2D eigenvalue weighted by atomic mass is 10.1. The molecule has 0 radical (unpaired) electrons. The predicted octanol–water partition coefficient (Wildman–Crippen LogP) is 1.64. The van der Waals surface area contributed by atoms with Crippen LogP contribution in [0.5, 0.6) is 0 Å². The third kappa shape index (κ3) is 4.13. The van der Waals surface area contributed by atoms with Crippen LogP contribution in [0.15, 0.2) is 24.3 Å². The molecule has 1 heterocycles. The SMILES string of the molecule is CCc1nc(C(=O)Nc2cccc(CCC(=O)O)c2)n[nH]1. The Bertz CT molecular complexity index is 651. The molecule has 2 rings (SSSR count). The van der Waals surface area contributed by atoms with Crippen LogP contribution >= 0.6 is 0 Å². The van der Waals surface area contributed by atoms with Gasteiger partial charge in [-0.25, -0.2) is 4.98 Å². The summed E-state index contributed by atoms with van der Waals surface area (Å²) in [5.41, 5.74) is 1.44. The Morgan fingerprint density at radius 2 is 2.19 bits per heavy atom. The zero-order valence-corrected chi connectivity index (χ0v) is 11.6. The fourth-order valence-electron chi connectivity index (χ4n) is 1.80. The molecule has 0 unspecified atom stereocenters. The fraction of sp³-hybridized carbons (Fsp3) is 0.286. The molecule has 7 heteroatoms. The van der Waals surface area contributed by atoms with Crippen molar-refractivity contribution in [1.29, 1.82) is 0 Å². The summed E-state index contributed by atoms with van der Waals surface area (Å²) in [6.45, 7) is 1.91. The summed E-state index contributed by atoms with van der Waals surface area (Å²) in [6, 6.07) is 7.06. The van der Waals surface area contributed by atoms with Crippen LogP contribution in [0.1, 0.15) is 35.4 Å². The number of carbonyl (C=O) groups is 2. The minimum Gasteiger partial charge on any atom is -0.481 e. The van der Waals surface area contributed by atoms with Gasteiger partial charge in [-0.1, -0.05) is 19.1 Å². The Kier molecular flexibility index (Phi) is 4.65. The Hall–Kier alpha value is -2.70. The van der Waals surface area contributed by atoms with E-state index in [2.05, 4.69) is 20.5 Å². The minimum atomic E-state index is -0.850. The van der Waals surface area contributed by atoms with E-state index in [0.717, 1.165) is 5.56 Å². The summed E-state index contributed by atoms with van der Waals surface area (Å²) in [4.78, 5) is 26.6. The molecule has 3 N–H and O–H groups in total. The van der Waals surface area contributed by atoms with Gasteiger partial charge < -0.3 is 10.4 Å². The maximum Gasteiger partial charge on any atom is 0.303 e. The number of carboxylic acids is 1. The zero-order chi connectivity index (χ0) is 15.2. The normalized spacial score (nSPS) is 10.3. The van der Waals surface area contributed by atoms with Crippen molar-refractivity contribution in [3.05, 3.63) is 41.5 Å². The largest absolute Gasteiger partial charge is 0.481 e. The van der Waals surface area contributed by atoms with E-state index < -0.39 is 11.9 Å². The molecule has 7 nitrogen and oxygen atoms in total. The van der Waals surface area contributed by atoms with Gasteiger partial charge in [0.2, 0.25) is 5.82 Å². The van der Waals surface area contributed by atoms with Crippen molar-refractivity contribution < 1.29 is 14.7 Å². The number of rotatable bonds is 6. The van der Waals surface area contributed by atoms with Gasteiger partial charge in [0.15, 0.2) is 0 Å². The highest BCUT2D eigenvalue weighted by Crippen LogP contribution is 2.13. The molecule has 0 aliphatic rings. The van der Waals surface area contributed by atoms with Crippen molar-refractivity contribution in [2.24, 2.45) is 0 Å². The number of hydrogen-bond donors (Lipinski definition) is 3. The average Bonchev–Trinajstić information content (AvgIpc) is 2.94. The van der Waals surface area contributed by atoms with Gasteiger partial charge in [0.05, 0.1) is 0 Å². The average molecular weight is 288 g/mol. The summed E-state index contributed by atoms with van der Waals surface area (Å²) < 4.78 is 0. The lowest BCUT2D eigenvalue weighted by molar-refractivity contribution is -0.136. The number of aryl methyl sites for hydroxylation is 2. The molecule has 0 saturated heterocycles. The molecule has 110 valence electrons. The zero-order valence-electron chi connectivity index (χ0n) is 11.6. The third-order valence-electron chi connectivity index (χ3n) is 2.88. The van der Waals surface area contributed by atoms with Crippen molar-refractivity contribution in [2.45, 2.75) is 26.2 Å². The van der Waals surface area contributed by atoms with Crippen LogP contribution in [0, 0.1) is 0 Å². The molecule has 0 atom stereocenters. The van der Waals surface area contributed by atoms with E-state index in [1.807, 2.05) is 13.0 Å². The molecule has 0 spiro atoms. The second kappa shape index (κ2) is 6.65. The molecule has 0 bridgehead atoms. The number of aliphatic carboxylic acids is 1. The summed E-state index contributed by atoms with van der Waals surface area (Å²) >= 11 is 0. The third-order valence-corrected chi connectivity index (χ3v) is 2.88. The molecule has 0 aliphatic heterocycles. The Labute approximate surface area is 121 Å². The molecule has 1 amide bonds. The Morgan fingerprint density at radius 3 is 2.86 bits per heavy atom. The predicted molar refractivity (Wildman–Crippen MR) is 76.1 cm³/mol. The number of hydrogen-bond acceptors (Lipinski definition) is 4. The van der Waals surface area contributed by atoms with Crippen molar-refractivity contribution in [1.82, 2.24) is 15.2 Å². The van der Waals surface area contributed by atoms with Gasteiger partial charge in [0.25, 0.3) is 5.91 Å². The number of benzene rings is 1. The lowest BCUT2D eigenvalue weighted by Crippen LogP contribution is -2.14. The first-order chi connectivity index (χ1) is 10.1.